The minimum Gasteiger partial charge on any atom is -0.309 e. The highest BCUT2D eigenvalue weighted by Crippen LogP contribution is 2.57. The van der Waals surface area contributed by atoms with Gasteiger partial charge in [0.15, 0.2) is 0 Å². The summed E-state index contributed by atoms with van der Waals surface area (Å²) in [5.74, 6) is 1.05. The predicted molar refractivity (Wildman–Crippen MR) is 400 cm³/mol. The van der Waals surface area contributed by atoms with Gasteiger partial charge in [0.05, 0.1) is 11.0 Å². The molecule has 20 rings (SSSR count). The summed E-state index contributed by atoms with van der Waals surface area (Å²) in [6.07, 6.45) is 21.0. The molecule has 0 saturated carbocycles. The summed E-state index contributed by atoms with van der Waals surface area (Å²) in [6.45, 7) is 0. The van der Waals surface area contributed by atoms with Crippen LogP contribution < -0.4 is 0 Å². The summed E-state index contributed by atoms with van der Waals surface area (Å²) in [7, 11) is 0. The maximum Gasteiger partial charge on any atom is 0.0541 e. The van der Waals surface area contributed by atoms with Gasteiger partial charge in [0.2, 0.25) is 0 Å². The summed E-state index contributed by atoms with van der Waals surface area (Å²) in [5, 5.41) is 15.5. The van der Waals surface area contributed by atoms with E-state index >= 15 is 0 Å². The molecule has 16 aromatic rings. The van der Waals surface area contributed by atoms with Crippen LogP contribution in [0.25, 0.3) is 158 Å². The van der Waals surface area contributed by atoms with Crippen LogP contribution in [0.2, 0.25) is 0 Å². The van der Waals surface area contributed by atoms with Crippen LogP contribution in [0.1, 0.15) is 34.1 Å². The van der Waals surface area contributed by atoms with Gasteiger partial charge >= 0.3 is 0 Å². The van der Waals surface area contributed by atoms with Crippen LogP contribution in [0.3, 0.4) is 0 Å². The van der Waals surface area contributed by atoms with Gasteiger partial charge in [0.1, 0.15) is 0 Å². The average Bonchev–Trinajstić information content (AvgIpc) is 1.73. The lowest BCUT2D eigenvalue weighted by atomic mass is 9.76. The first-order valence-electron chi connectivity index (χ1n) is 32.5. The summed E-state index contributed by atoms with van der Waals surface area (Å²) in [5.41, 5.74) is 22.9. The van der Waals surface area contributed by atoms with Crippen molar-refractivity contribution in [1.82, 2.24) is 4.57 Å². The summed E-state index contributed by atoms with van der Waals surface area (Å²) in [6, 6.07) is 101. The first-order valence-corrected chi connectivity index (χ1v) is 34.2. The number of rotatable bonds is 7. The molecule has 0 saturated heterocycles. The molecule has 93 heavy (non-hydrogen) atoms. The standard InChI is InChI=1S/C90H57NS2/c1-2-18-58(19-3-1)85-71-22-8-10-24-73(71)86(74-25-11-9-23-72(74)85)59-42-46-64(47-43-59)91-83-48-44-62(69-28-14-32-77-75-30-12-26-67(87(75)92-89(69)77)60-40-38-56-36-34-54-16-4-6-20-65(54)79(56)50-60)52-81(83)82-53-63(45-49-84(82)91)70-29-15-33-78-76-31-13-27-68(88(76)93-90(70)78)61-41-39-57-37-35-55-17-5-7-21-66(55)80(57)51-61/h1-54,65,75,87H. The molecule has 4 aliphatic rings. The van der Waals surface area contributed by atoms with Gasteiger partial charge in [-0.3, -0.25) is 0 Å². The molecule has 0 bridgehead atoms. The van der Waals surface area contributed by atoms with E-state index < -0.39 is 0 Å². The second kappa shape index (κ2) is 20.9. The van der Waals surface area contributed by atoms with Gasteiger partial charge in [0.25, 0.3) is 0 Å². The van der Waals surface area contributed by atoms with Crippen molar-refractivity contribution >= 4 is 120 Å². The Morgan fingerprint density at radius 1 is 0.323 bits per heavy atom. The lowest BCUT2D eigenvalue weighted by Crippen LogP contribution is -2.16. The van der Waals surface area contributed by atoms with Crippen LogP contribution in [0.5, 0.6) is 0 Å². The van der Waals surface area contributed by atoms with Gasteiger partial charge in [-0.05, 0) is 169 Å². The lowest BCUT2D eigenvalue weighted by Gasteiger charge is -2.29. The normalized spacial score (nSPS) is 17.1. The van der Waals surface area contributed by atoms with Crippen molar-refractivity contribution in [3.8, 4) is 61.3 Å². The maximum absolute atomic E-state index is 2.51. The topological polar surface area (TPSA) is 4.93 Å². The van der Waals surface area contributed by atoms with Gasteiger partial charge in [-0.25, -0.2) is 0 Å². The number of aromatic nitrogens is 1. The fourth-order valence-corrected chi connectivity index (χ4v) is 19.4. The molecule has 1 nitrogen and oxygen atoms in total. The quantitative estimate of drug-likeness (QED) is 0.114. The highest BCUT2D eigenvalue weighted by atomic mass is 32.2. The molecule has 0 N–H and O–H groups in total. The molecule has 2 aromatic heterocycles. The van der Waals surface area contributed by atoms with Crippen molar-refractivity contribution in [2.24, 2.45) is 5.92 Å². The van der Waals surface area contributed by atoms with Crippen LogP contribution in [-0.2, 0) is 0 Å². The van der Waals surface area contributed by atoms with E-state index in [9.17, 15) is 0 Å². The number of thioether (sulfide) groups is 1. The van der Waals surface area contributed by atoms with Crippen LogP contribution in [0, 0.1) is 5.92 Å². The Labute approximate surface area is 547 Å². The van der Waals surface area contributed by atoms with Crippen LogP contribution in [0.15, 0.2) is 320 Å². The SMILES string of the molecule is C1=CC2C=Cc3ccc(C4=CC=CC5c6cccc(-c7ccc8c(c7)c7cc(-c9cccc%10c9sc9c(-c%11ccc%12ccc%13ccccc%13c%12c%11)cccc9%10)ccc7n8-c7ccc(-c8c9ccccc9c(-c9ccccc9)c9ccccc89)cc7)c6SC45)cc3C2C=C1. The first-order chi connectivity index (χ1) is 46.1. The Hall–Kier alpha value is -10.8. The van der Waals surface area contributed by atoms with Gasteiger partial charge in [-0.1, -0.05) is 279 Å². The third-order valence-corrected chi connectivity index (χ3v) is 23.5. The number of allylic oxidation sites excluding steroid dienone is 8. The molecule has 4 unspecified atom stereocenters. The molecule has 0 radical (unpaired) electrons. The summed E-state index contributed by atoms with van der Waals surface area (Å²) < 4.78 is 5.13. The van der Waals surface area contributed by atoms with Crippen molar-refractivity contribution in [3.63, 3.8) is 0 Å². The number of nitrogens with zero attached hydrogens (tertiary/aromatic N) is 1. The first kappa shape index (κ1) is 52.9. The molecule has 0 amide bonds. The molecule has 14 aromatic carbocycles. The number of hydrogen-bond acceptors (Lipinski definition) is 2. The van der Waals surface area contributed by atoms with Gasteiger partial charge in [-0.15, -0.1) is 23.1 Å². The van der Waals surface area contributed by atoms with Crippen LogP contribution in [0.4, 0.5) is 0 Å². The van der Waals surface area contributed by atoms with Crippen LogP contribution >= 0.6 is 23.1 Å². The zero-order valence-electron chi connectivity index (χ0n) is 50.7. The molecular formula is C90H57NS2. The number of hydrogen-bond donors (Lipinski definition) is 0. The molecule has 0 spiro atoms. The Bertz CT molecular complexity index is 5990. The smallest absolute Gasteiger partial charge is 0.0541 e. The van der Waals surface area contributed by atoms with Crippen molar-refractivity contribution in [2.75, 3.05) is 0 Å². The van der Waals surface area contributed by atoms with E-state index in [1.165, 1.54) is 173 Å². The van der Waals surface area contributed by atoms with Gasteiger partial charge in [-0.2, -0.15) is 0 Å². The predicted octanol–water partition coefficient (Wildman–Crippen LogP) is 25.2. The molecule has 1 aliphatic heterocycles. The third-order valence-electron chi connectivity index (χ3n) is 20.7. The molecule has 3 aliphatic carbocycles. The van der Waals surface area contributed by atoms with Crippen molar-refractivity contribution in [1.29, 1.82) is 0 Å². The van der Waals surface area contributed by atoms with E-state index in [1.807, 2.05) is 11.3 Å². The highest BCUT2D eigenvalue weighted by molar-refractivity contribution is 8.01. The maximum atomic E-state index is 2.51. The fourth-order valence-electron chi connectivity index (χ4n) is 16.4. The third kappa shape index (κ3) is 8.20. The van der Waals surface area contributed by atoms with E-state index in [0.29, 0.717) is 11.8 Å². The Kier molecular flexibility index (Phi) is 11.9. The molecule has 3 heteroatoms. The van der Waals surface area contributed by atoms with Crippen molar-refractivity contribution in [3.05, 3.63) is 338 Å². The molecule has 4 atom stereocenters. The van der Waals surface area contributed by atoms with Crippen molar-refractivity contribution in [2.45, 2.75) is 22.0 Å². The highest BCUT2D eigenvalue weighted by Gasteiger charge is 2.38. The lowest BCUT2D eigenvalue weighted by molar-refractivity contribution is 0.692. The second-order valence-electron chi connectivity index (χ2n) is 25.6. The average molecular weight is 1220 g/mol. The Balaban J connectivity index is 0.735. The minimum absolute atomic E-state index is 0.274. The van der Waals surface area contributed by atoms with E-state index in [2.05, 4.69) is 338 Å². The molecule has 434 valence electrons. The number of benzene rings is 14. The molecule has 3 heterocycles. The van der Waals surface area contributed by atoms with E-state index in [1.54, 1.807) is 0 Å². The Morgan fingerprint density at radius 2 is 0.849 bits per heavy atom. The van der Waals surface area contributed by atoms with E-state index in [0.717, 1.165) is 5.69 Å². The summed E-state index contributed by atoms with van der Waals surface area (Å²) >= 11 is 3.98. The Morgan fingerprint density at radius 3 is 1.55 bits per heavy atom. The van der Waals surface area contributed by atoms with Gasteiger partial charge < -0.3 is 4.57 Å². The number of fused-ring (bicyclic) bond motifs is 17. The van der Waals surface area contributed by atoms with E-state index in [-0.39, 0.29) is 11.2 Å². The monoisotopic (exact) mass is 1220 g/mol. The second-order valence-corrected chi connectivity index (χ2v) is 27.8. The van der Waals surface area contributed by atoms with Gasteiger partial charge in [0, 0.05) is 64.5 Å². The zero-order chi connectivity index (χ0) is 60.8. The van der Waals surface area contributed by atoms with Crippen LogP contribution in [-0.4, -0.2) is 9.82 Å². The fraction of sp³-hybridized carbons (Fsp3) is 0.0444. The van der Waals surface area contributed by atoms with E-state index in [4.69, 9.17) is 0 Å². The molecule has 0 fully saturated rings. The minimum atomic E-state index is 0.274. The van der Waals surface area contributed by atoms with Crippen molar-refractivity contribution < 1.29 is 0 Å². The molecular weight excluding hydrogens is 1160 g/mol. The zero-order valence-corrected chi connectivity index (χ0v) is 52.3. The number of thiophene rings is 1. The largest absolute Gasteiger partial charge is 0.309 e. The summed E-state index contributed by atoms with van der Waals surface area (Å²) in [4.78, 5) is 1.38.